The lowest BCUT2D eigenvalue weighted by Gasteiger charge is -2.40. The van der Waals surface area contributed by atoms with Crippen LogP contribution in [-0.2, 0) is 11.2 Å². The van der Waals surface area contributed by atoms with Crippen molar-refractivity contribution < 1.29 is 9.84 Å². The van der Waals surface area contributed by atoms with Crippen LogP contribution in [0.2, 0.25) is 0 Å². The lowest BCUT2D eigenvalue weighted by atomic mass is 9.79. The molecule has 0 saturated carbocycles. The van der Waals surface area contributed by atoms with Crippen molar-refractivity contribution in [2.75, 3.05) is 19.8 Å². The predicted molar refractivity (Wildman–Crippen MR) is 64.7 cm³/mol. The van der Waals surface area contributed by atoms with Crippen LogP contribution >= 0.6 is 0 Å². The highest BCUT2D eigenvalue weighted by molar-refractivity contribution is 5.39. The fraction of sp³-hybridized carbons (Fsp3) is 0.571. The van der Waals surface area contributed by atoms with Crippen LogP contribution in [0.1, 0.15) is 22.3 Å². The Bertz CT molecular complexity index is 386. The summed E-state index contributed by atoms with van der Waals surface area (Å²) in [6, 6.07) is 4.36. The van der Waals surface area contributed by atoms with E-state index in [1.165, 1.54) is 22.3 Å². The molecule has 1 aromatic rings. The Labute approximate surface area is 97.3 Å². The van der Waals surface area contributed by atoms with E-state index in [0.717, 1.165) is 6.42 Å². The Kier molecular flexibility index (Phi) is 3.04. The molecule has 2 heteroatoms. The summed E-state index contributed by atoms with van der Waals surface area (Å²) in [6.07, 6.45) is 0.927. The third kappa shape index (κ3) is 1.87. The van der Waals surface area contributed by atoms with Gasteiger partial charge in [0.15, 0.2) is 0 Å². The smallest absolute Gasteiger partial charge is 0.0570 e. The largest absolute Gasteiger partial charge is 0.396 e. The quantitative estimate of drug-likeness (QED) is 0.846. The molecule has 2 rings (SSSR count). The minimum atomic E-state index is -0.0214. The topological polar surface area (TPSA) is 29.5 Å². The summed E-state index contributed by atoms with van der Waals surface area (Å²) in [5.74, 6) is 0. The molecule has 2 nitrogen and oxygen atoms in total. The second kappa shape index (κ2) is 4.19. The summed E-state index contributed by atoms with van der Waals surface area (Å²) < 4.78 is 5.24. The first-order valence-corrected chi connectivity index (χ1v) is 5.82. The van der Waals surface area contributed by atoms with Gasteiger partial charge in [-0.1, -0.05) is 12.1 Å². The molecule has 1 aliphatic heterocycles. The fourth-order valence-electron chi connectivity index (χ4n) is 2.25. The molecule has 1 saturated heterocycles. The number of rotatable bonds is 3. The summed E-state index contributed by atoms with van der Waals surface area (Å²) >= 11 is 0. The number of aryl methyl sites for hydroxylation is 1. The van der Waals surface area contributed by atoms with Gasteiger partial charge >= 0.3 is 0 Å². The monoisotopic (exact) mass is 220 g/mol. The van der Waals surface area contributed by atoms with E-state index in [1.807, 2.05) is 0 Å². The van der Waals surface area contributed by atoms with Crippen LogP contribution in [-0.4, -0.2) is 24.9 Å². The maximum atomic E-state index is 9.43. The van der Waals surface area contributed by atoms with Gasteiger partial charge in [-0.25, -0.2) is 0 Å². The summed E-state index contributed by atoms with van der Waals surface area (Å²) in [6.45, 7) is 8.07. The van der Waals surface area contributed by atoms with Gasteiger partial charge < -0.3 is 9.84 Å². The van der Waals surface area contributed by atoms with E-state index in [0.29, 0.717) is 13.2 Å². The molecule has 0 radical (unpaired) electrons. The fourth-order valence-corrected chi connectivity index (χ4v) is 2.25. The average molecular weight is 220 g/mol. The van der Waals surface area contributed by atoms with E-state index in [-0.39, 0.29) is 12.0 Å². The maximum Gasteiger partial charge on any atom is 0.0570 e. The van der Waals surface area contributed by atoms with Crippen molar-refractivity contribution in [3.63, 3.8) is 0 Å². The second-order valence-corrected chi connectivity index (χ2v) is 5.12. The highest BCUT2D eigenvalue weighted by Gasteiger charge is 2.38. The molecule has 1 aliphatic rings. The second-order valence-electron chi connectivity index (χ2n) is 5.12. The number of hydrogen-bond acceptors (Lipinski definition) is 2. The van der Waals surface area contributed by atoms with Gasteiger partial charge in [-0.15, -0.1) is 0 Å². The van der Waals surface area contributed by atoms with Gasteiger partial charge in [0.25, 0.3) is 0 Å². The average Bonchev–Trinajstić information content (AvgIpc) is 2.23. The lowest BCUT2D eigenvalue weighted by Crippen LogP contribution is -2.47. The molecule has 0 amide bonds. The Balaban J connectivity index is 2.25. The van der Waals surface area contributed by atoms with Crippen molar-refractivity contribution in [2.45, 2.75) is 27.2 Å². The molecular weight excluding hydrogens is 200 g/mol. The van der Waals surface area contributed by atoms with Crippen LogP contribution in [0.15, 0.2) is 12.1 Å². The van der Waals surface area contributed by atoms with Gasteiger partial charge in [-0.2, -0.15) is 0 Å². The number of hydrogen-bond donors (Lipinski definition) is 1. The zero-order valence-electron chi connectivity index (χ0n) is 10.3. The van der Waals surface area contributed by atoms with Crippen LogP contribution in [0, 0.1) is 26.2 Å². The first-order chi connectivity index (χ1) is 7.58. The Morgan fingerprint density at radius 3 is 2.38 bits per heavy atom. The first-order valence-electron chi connectivity index (χ1n) is 5.82. The van der Waals surface area contributed by atoms with Crippen molar-refractivity contribution >= 4 is 0 Å². The van der Waals surface area contributed by atoms with Gasteiger partial charge in [0.05, 0.1) is 19.8 Å². The maximum absolute atomic E-state index is 9.43. The Morgan fingerprint density at radius 2 is 1.88 bits per heavy atom. The molecule has 0 bridgehead atoms. The van der Waals surface area contributed by atoms with Gasteiger partial charge in [0.1, 0.15) is 0 Å². The third-order valence-electron chi connectivity index (χ3n) is 3.89. The van der Waals surface area contributed by atoms with Crippen LogP contribution in [0.5, 0.6) is 0 Å². The standard InChI is InChI=1S/C14H20O2/c1-10-4-5-13(12(3)11(10)2)6-14(7-15)8-16-9-14/h4-5,15H,6-9H2,1-3H3. The SMILES string of the molecule is Cc1ccc(CC2(CO)COC2)c(C)c1C. The molecule has 1 fully saturated rings. The van der Waals surface area contributed by atoms with Crippen LogP contribution in [0.4, 0.5) is 0 Å². The van der Waals surface area contributed by atoms with Crippen molar-refractivity contribution in [3.8, 4) is 0 Å². The minimum absolute atomic E-state index is 0.0214. The summed E-state index contributed by atoms with van der Waals surface area (Å²) in [5, 5.41) is 9.43. The molecular formula is C14H20O2. The molecule has 0 aliphatic carbocycles. The minimum Gasteiger partial charge on any atom is -0.396 e. The summed E-state index contributed by atoms with van der Waals surface area (Å²) in [7, 11) is 0. The first kappa shape index (κ1) is 11.6. The highest BCUT2D eigenvalue weighted by atomic mass is 16.5. The van der Waals surface area contributed by atoms with Gasteiger partial charge in [-0.05, 0) is 49.4 Å². The van der Waals surface area contributed by atoms with E-state index >= 15 is 0 Å². The van der Waals surface area contributed by atoms with Gasteiger partial charge in [-0.3, -0.25) is 0 Å². The molecule has 1 N–H and O–H groups in total. The Morgan fingerprint density at radius 1 is 1.19 bits per heavy atom. The molecule has 1 aromatic carbocycles. The van der Waals surface area contributed by atoms with Crippen LogP contribution in [0.25, 0.3) is 0 Å². The highest BCUT2D eigenvalue weighted by Crippen LogP contribution is 2.33. The molecule has 0 spiro atoms. The number of benzene rings is 1. The van der Waals surface area contributed by atoms with E-state index < -0.39 is 0 Å². The summed E-state index contributed by atoms with van der Waals surface area (Å²) in [5.41, 5.74) is 5.39. The lowest BCUT2D eigenvalue weighted by molar-refractivity contribution is -0.136. The molecule has 0 aromatic heterocycles. The molecule has 0 atom stereocenters. The van der Waals surface area contributed by atoms with E-state index in [4.69, 9.17) is 4.74 Å². The number of ether oxygens (including phenoxy) is 1. The van der Waals surface area contributed by atoms with Crippen LogP contribution < -0.4 is 0 Å². The van der Waals surface area contributed by atoms with Crippen molar-refractivity contribution in [2.24, 2.45) is 5.41 Å². The molecule has 1 heterocycles. The third-order valence-corrected chi connectivity index (χ3v) is 3.89. The predicted octanol–water partition coefficient (Wildman–Crippen LogP) is 2.16. The zero-order chi connectivity index (χ0) is 11.8. The van der Waals surface area contributed by atoms with E-state index in [2.05, 4.69) is 32.9 Å². The van der Waals surface area contributed by atoms with Crippen molar-refractivity contribution in [3.05, 3.63) is 34.4 Å². The van der Waals surface area contributed by atoms with E-state index in [1.54, 1.807) is 0 Å². The normalized spacial score (nSPS) is 18.2. The van der Waals surface area contributed by atoms with Crippen molar-refractivity contribution in [1.82, 2.24) is 0 Å². The molecule has 0 unspecified atom stereocenters. The van der Waals surface area contributed by atoms with Gasteiger partial charge in [0.2, 0.25) is 0 Å². The number of aliphatic hydroxyl groups is 1. The summed E-state index contributed by atoms with van der Waals surface area (Å²) in [4.78, 5) is 0. The zero-order valence-corrected chi connectivity index (χ0v) is 10.3. The van der Waals surface area contributed by atoms with Crippen molar-refractivity contribution in [1.29, 1.82) is 0 Å². The Hall–Kier alpha value is -0.860. The van der Waals surface area contributed by atoms with E-state index in [9.17, 15) is 5.11 Å². The van der Waals surface area contributed by atoms with Gasteiger partial charge in [0, 0.05) is 5.41 Å². The number of aliphatic hydroxyl groups excluding tert-OH is 1. The van der Waals surface area contributed by atoms with Crippen LogP contribution in [0.3, 0.4) is 0 Å². The molecule has 16 heavy (non-hydrogen) atoms. The molecule has 88 valence electrons.